The van der Waals surface area contributed by atoms with Gasteiger partial charge in [0.15, 0.2) is 0 Å². The first-order valence-electron chi connectivity index (χ1n) is 6.31. The standard InChI is InChI=1S/C14H13ClN2O3S/c1-2-9-6-7-21-12(9)8-16-14(18)10-4-3-5-11(15)13(10)17(19)20/h3-7H,2,8H2,1H3,(H,16,18). The highest BCUT2D eigenvalue weighted by Crippen LogP contribution is 2.28. The van der Waals surface area contributed by atoms with Gasteiger partial charge in [0, 0.05) is 4.88 Å². The number of nitro benzene ring substituents is 1. The Labute approximate surface area is 130 Å². The number of amides is 1. The van der Waals surface area contributed by atoms with Crippen LogP contribution >= 0.6 is 22.9 Å². The van der Waals surface area contributed by atoms with Crippen LogP contribution in [0.3, 0.4) is 0 Å². The van der Waals surface area contributed by atoms with Gasteiger partial charge >= 0.3 is 5.69 Å². The Kier molecular flexibility index (Phi) is 4.93. The van der Waals surface area contributed by atoms with E-state index in [-0.39, 0.29) is 16.3 Å². The fourth-order valence-corrected chi connectivity index (χ4v) is 3.14. The molecule has 0 radical (unpaired) electrons. The number of para-hydroxylation sites is 1. The molecule has 2 rings (SSSR count). The van der Waals surface area contributed by atoms with Crippen molar-refractivity contribution in [3.05, 3.63) is 60.8 Å². The summed E-state index contributed by atoms with van der Waals surface area (Å²) in [5.41, 5.74) is 0.779. The molecule has 0 fully saturated rings. The van der Waals surface area contributed by atoms with E-state index >= 15 is 0 Å². The molecule has 21 heavy (non-hydrogen) atoms. The maximum atomic E-state index is 12.1. The van der Waals surface area contributed by atoms with Gasteiger partial charge in [0.05, 0.1) is 11.5 Å². The number of carbonyl (C=O) groups is 1. The highest BCUT2D eigenvalue weighted by atomic mass is 35.5. The Morgan fingerprint density at radius 3 is 2.86 bits per heavy atom. The van der Waals surface area contributed by atoms with Gasteiger partial charge in [0.2, 0.25) is 0 Å². The molecule has 1 N–H and O–H groups in total. The third-order valence-corrected chi connectivity index (χ3v) is 4.31. The third kappa shape index (κ3) is 3.40. The van der Waals surface area contributed by atoms with Crippen LogP contribution in [-0.4, -0.2) is 10.8 Å². The normalized spacial score (nSPS) is 10.4. The minimum Gasteiger partial charge on any atom is -0.347 e. The Hall–Kier alpha value is -1.92. The number of nitrogens with one attached hydrogen (secondary N) is 1. The minimum atomic E-state index is -0.639. The lowest BCUT2D eigenvalue weighted by Crippen LogP contribution is -2.23. The lowest BCUT2D eigenvalue weighted by atomic mass is 10.1. The summed E-state index contributed by atoms with van der Waals surface area (Å²) < 4.78 is 0. The monoisotopic (exact) mass is 324 g/mol. The van der Waals surface area contributed by atoms with Gasteiger partial charge in [0.1, 0.15) is 10.6 Å². The molecule has 110 valence electrons. The molecule has 1 aromatic carbocycles. The van der Waals surface area contributed by atoms with E-state index in [2.05, 4.69) is 5.32 Å². The number of carbonyl (C=O) groups excluding carboxylic acids is 1. The number of thiophene rings is 1. The van der Waals surface area contributed by atoms with Crippen molar-refractivity contribution in [1.29, 1.82) is 0 Å². The average Bonchev–Trinajstić information content (AvgIpc) is 2.91. The second-order valence-electron chi connectivity index (χ2n) is 4.30. The largest absolute Gasteiger partial charge is 0.347 e. The van der Waals surface area contributed by atoms with E-state index in [9.17, 15) is 14.9 Å². The molecular formula is C14H13ClN2O3S. The van der Waals surface area contributed by atoms with Gasteiger partial charge < -0.3 is 5.32 Å². The maximum absolute atomic E-state index is 12.1. The van der Waals surface area contributed by atoms with Crippen molar-refractivity contribution in [2.45, 2.75) is 19.9 Å². The van der Waals surface area contributed by atoms with E-state index in [0.717, 1.165) is 11.3 Å². The number of hydrogen-bond donors (Lipinski definition) is 1. The fraction of sp³-hybridized carbons (Fsp3) is 0.214. The third-order valence-electron chi connectivity index (χ3n) is 3.04. The molecule has 0 atom stereocenters. The lowest BCUT2D eigenvalue weighted by Gasteiger charge is -2.07. The predicted octanol–water partition coefficient (Wildman–Crippen LogP) is 3.80. The number of aryl methyl sites for hydroxylation is 1. The first-order chi connectivity index (χ1) is 10.0. The van der Waals surface area contributed by atoms with Gasteiger partial charge in [0.25, 0.3) is 5.91 Å². The summed E-state index contributed by atoms with van der Waals surface area (Å²) in [6.45, 7) is 2.39. The molecule has 0 spiro atoms. The molecule has 0 aliphatic carbocycles. The zero-order valence-electron chi connectivity index (χ0n) is 11.3. The summed E-state index contributed by atoms with van der Waals surface area (Å²) in [6.07, 6.45) is 0.881. The Morgan fingerprint density at radius 1 is 1.43 bits per heavy atom. The highest BCUT2D eigenvalue weighted by Gasteiger charge is 2.23. The summed E-state index contributed by atoms with van der Waals surface area (Å²) >= 11 is 7.35. The molecule has 0 unspecified atom stereocenters. The van der Waals surface area contributed by atoms with Crippen LogP contribution in [0.25, 0.3) is 0 Å². The Balaban J connectivity index is 2.18. The molecule has 1 amide bonds. The van der Waals surface area contributed by atoms with Crippen LogP contribution in [0.15, 0.2) is 29.6 Å². The van der Waals surface area contributed by atoms with Gasteiger partial charge in [-0.3, -0.25) is 14.9 Å². The average molecular weight is 325 g/mol. The summed E-state index contributed by atoms with van der Waals surface area (Å²) in [6, 6.07) is 6.32. The maximum Gasteiger partial charge on any atom is 0.300 e. The molecule has 1 aromatic heterocycles. The summed E-state index contributed by atoms with van der Waals surface area (Å²) in [5, 5.41) is 15.6. The zero-order chi connectivity index (χ0) is 15.4. The molecule has 5 nitrogen and oxygen atoms in total. The summed E-state index contributed by atoms with van der Waals surface area (Å²) in [7, 11) is 0. The van der Waals surface area contributed by atoms with Crippen LogP contribution in [-0.2, 0) is 13.0 Å². The van der Waals surface area contributed by atoms with Gasteiger partial charge in [-0.1, -0.05) is 24.6 Å². The van der Waals surface area contributed by atoms with Crippen LogP contribution in [0.4, 0.5) is 5.69 Å². The van der Waals surface area contributed by atoms with Gasteiger partial charge in [-0.05, 0) is 35.6 Å². The number of benzene rings is 1. The van der Waals surface area contributed by atoms with Crippen LogP contribution in [0, 0.1) is 10.1 Å². The van der Waals surface area contributed by atoms with E-state index in [0.29, 0.717) is 6.54 Å². The van der Waals surface area contributed by atoms with Gasteiger partial charge in [-0.15, -0.1) is 11.3 Å². The molecule has 0 aliphatic heterocycles. The van der Waals surface area contributed by atoms with Crippen LogP contribution < -0.4 is 5.32 Å². The van der Waals surface area contributed by atoms with Gasteiger partial charge in [-0.25, -0.2) is 0 Å². The van der Waals surface area contributed by atoms with Crippen LogP contribution in [0.2, 0.25) is 5.02 Å². The van der Waals surface area contributed by atoms with E-state index in [1.165, 1.54) is 23.8 Å². The number of nitro groups is 1. The lowest BCUT2D eigenvalue weighted by molar-refractivity contribution is -0.385. The fourth-order valence-electron chi connectivity index (χ4n) is 1.98. The first kappa shape index (κ1) is 15.5. The second-order valence-corrected chi connectivity index (χ2v) is 5.71. The van der Waals surface area contributed by atoms with Crippen molar-refractivity contribution in [1.82, 2.24) is 5.32 Å². The number of hydrogen-bond acceptors (Lipinski definition) is 4. The minimum absolute atomic E-state index is 0.0258. The first-order valence-corrected chi connectivity index (χ1v) is 7.56. The molecule has 2 aromatic rings. The molecule has 0 saturated carbocycles. The van der Waals surface area contributed by atoms with E-state index < -0.39 is 10.8 Å². The summed E-state index contributed by atoms with van der Waals surface area (Å²) in [4.78, 5) is 23.6. The molecule has 7 heteroatoms. The van der Waals surface area contributed by atoms with Crippen molar-refractivity contribution in [3.63, 3.8) is 0 Å². The molecule has 0 bridgehead atoms. The number of rotatable bonds is 5. The Bertz CT molecular complexity index is 685. The SMILES string of the molecule is CCc1ccsc1CNC(=O)c1cccc(Cl)c1[N+](=O)[O-]. The van der Waals surface area contributed by atoms with Crippen molar-refractivity contribution in [2.24, 2.45) is 0 Å². The highest BCUT2D eigenvalue weighted by molar-refractivity contribution is 7.10. The van der Waals surface area contributed by atoms with Gasteiger partial charge in [-0.2, -0.15) is 0 Å². The van der Waals surface area contributed by atoms with E-state index in [4.69, 9.17) is 11.6 Å². The topological polar surface area (TPSA) is 72.2 Å². The predicted molar refractivity (Wildman–Crippen MR) is 83.0 cm³/mol. The Morgan fingerprint density at radius 2 is 2.19 bits per heavy atom. The van der Waals surface area contributed by atoms with Crippen LogP contribution in [0.5, 0.6) is 0 Å². The van der Waals surface area contributed by atoms with E-state index in [1.807, 2.05) is 18.4 Å². The number of nitrogens with zero attached hydrogens (tertiary/aromatic N) is 1. The van der Waals surface area contributed by atoms with Crippen LogP contribution in [0.1, 0.15) is 27.7 Å². The van der Waals surface area contributed by atoms with Crippen molar-refractivity contribution in [2.75, 3.05) is 0 Å². The molecule has 0 aliphatic rings. The quantitative estimate of drug-likeness (QED) is 0.671. The molecular weight excluding hydrogens is 312 g/mol. The second kappa shape index (κ2) is 6.69. The number of halogens is 1. The molecule has 1 heterocycles. The molecule has 0 saturated heterocycles. The van der Waals surface area contributed by atoms with Crippen molar-refractivity contribution in [3.8, 4) is 0 Å². The zero-order valence-corrected chi connectivity index (χ0v) is 12.8. The van der Waals surface area contributed by atoms with Crippen molar-refractivity contribution >= 4 is 34.5 Å². The smallest absolute Gasteiger partial charge is 0.300 e. The van der Waals surface area contributed by atoms with Crippen molar-refractivity contribution < 1.29 is 9.72 Å². The van der Waals surface area contributed by atoms with E-state index in [1.54, 1.807) is 11.3 Å². The summed E-state index contributed by atoms with van der Waals surface area (Å²) in [5.74, 6) is -0.500.